The second-order valence-electron chi connectivity index (χ2n) is 4.78. The van der Waals surface area contributed by atoms with Gasteiger partial charge in [-0.1, -0.05) is 0 Å². The first-order valence-corrected chi connectivity index (χ1v) is 8.23. The minimum atomic E-state index is -3.07. The van der Waals surface area contributed by atoms with Gasteiger partial charge in [-0.25, -0.2) is 8.42 Å². The first-order valence-electron chi connectivity index (χ1n) is 6.17. The van der Waals surface area contributed by atoms with Crippen LogP contribution in [0.25, 0.3) is 0 Å². The lowest BCUT2D eigenvalue weighted by molar-refractivity contribution is -0.125. The molecule has 1 aliphatic carbocycles. The zero-order valence-corrected chi connectivity index (χ0v) is 11.7. The monoisotopic (exact) mass is 278 g/mol. The molecule has 0 aromatic carbocycles. The Bertz CT molecular complexity index is 377. The molecule has 6 nitrogen and oxygen atoms in total. The van der Waals surface area contributed by atoms with Gasteiger partial charge in [0.15, 0.2) is 0 Å². The zero-order valence-electron chi connectivity index (χ0n) is 10.9. The SMILES string of the molecule is CCOC1CC(NC(=O)C(N)CCS(C)(=O)=O)C1. The maximum absolute atomic E-state index is 11.7. The molecule has 0 spiro atoms. The van der Waals surface area contributed by atoms with Crippen LogP contribution in [-0.2, 0) is 19.4 Å². The van der Waals surface area contributed by atoms with E-state index in [4.69, 9.17) is 10.5 Å². The van der Waals surface area contributed by atoms with E-state index in [1.165, 1.54) is 0 Å². The minimum Gasteiger partial charge on any atom is -0.378 e. The standard InChI is InChI=1S/C11H22N2O4S/c1-3-17-9-6-8(7-9)13-11(14)10(12)4-5-18(2,15)16/h8-10H,3-7,12H2,1-2H3,(H,13,14). The van der Waals surface area contributed by atoms with Gasteiger partial charge in [-0.15, -0.1) is 0 Å². The van der Waals surface area contributed by atoms with E-state index >= 15 is 0 Å². The Balaban J connectivity index is 2.21. The average molecular weight is 278 g/mol. The Morgan fingerprint density at radius 3 is 2.61 bits per heavy atom. The highest BCUT2D eigenvalue weighted by molar-refractivity contribution is 7.90. The van der Waals surface area contributed by atoms with E-state index in [-0.39, 0.29) is 30.2 Å². The predicted molar refractivity (Wildman–Crippen MR) is 68.9 cm³/mol. The molecule has 1 rings (SSSR count). The molecule has 106 valence electrons. The van der Waals surface area contributed by atoms with Crippen molar-refractivity contribution in [1.29, 1.82) is 0 Å². The number of hydrogen-bond donors (Lipinski definition) is 2. The van der Waals surface area contributed by atoms with Crippen LogP contribution >= 0.6 is 0 Å². The molecular weight excluding hydrogens is 256 g/mol. The topological polar surface area (TPSA) is 98.5 Å². The molecule has 1 unspecified atom stereocenters. The Morgan fingerprint density at radius 2 is 2.11 bits per heavy atom. The lowest BCUT2D eigenvalue weighted by Crippen LogP contribution is -2.52. The summed E-state index contributed by atoms with van der Waals surface area (Å²) < 4.78 is 27.3. The van der Waals surface area contributed by atoms with Gasteiger partial charge in [0.25, 0.3) is 0 Å². The second-order valence-corrected chi connectivity index (χ2v) is 7.04. The third-order valence-electron chi connectivity index (χ3n) is 2.98. The van der Waals surface area contributed by atoms with Gasteiger partial charge >= 0.3 is 0 Å². The third-order valence-corrected chi connectivity index (χ3v) is 3.96. The smallest absolute Gasteiger partial charge is 0.237 e. The third kappa shape index (κ3) is 5.32. The van der Waals surface area contributed by atoms with Crippen molar-refractivity contribution in [3.63, 3.8) is 0 Å². The molecule has 0 radical (unpaired) electrons. The van der Waals surface area contributed by atoms with Gasteiger partial charge in [-0.3, -0.25) is 4.79 Å². The number of amides is 1. The lowest BCUT2D eigenvalue weighted by Gasteiger charge is -2.35. The number of carbonyl (C=O) groups is 1. The van der Waals surface area contributed by atoms with Crippen molar-refractivity contribution < 1.29 is 17.9 Å². The van der Waals surface area contributed by atoms with E-state index in [1.54, 1.807) is 0 Å². The molecule has 3 N–H and O–H groups in total. The minimum absolute atomic E-state index is 0.0617. The summed E-state index contributed by atoms with van der Waals surface area (Å²) in [4.78, 5) is 11.7. The molecule has 1 atom stereocenters. The van der Waals surface area contributed by atoms with Gasteiger partial charge < -0.3 is 15.8 Å². The van der Waals surface area contributed by atoms with E-state index in [0.29, 0.717) is 6.61 Å². The summed E-state index contributed by atoms with van der Waals surface area (Å²) >= 11 is 0. The molecule has 7 heteroatoms. The number of hydrogen-bond acceptors (Lipinski definition) is 5. The summed E-state index contributed by atoms with van der Waals surface area (Å²) in [7, 11) is -3.07. The van der Waals surface area contributed by atoms with Gasteiger partial charge in [0, 0.05) is 18.9 Å². The quantitative estimate of drug-likeness (QED) is 0.650. The largest absolute Gasteiger partial charge is 0.378 e. The fourth-order valence-electron chi connectivity index (χ4n) is 1.84. The Hall–Kier alpha value is -0.660. The maximum atomic E-state index is 11.7. The Kier molecular flexibility index (Phi) is 5.55. The molecule has 0 saturated heterocycles. The van der Waals surface area contributed by atoms with Gasteiger partial charge in [0.2, 0.25) is 5.91 Å². The van der Waals surface area contributed by atoms with Gasteiger partial charge in [-0.2, -0.15) is 0 Å². The summed E-state index contributed by atoms with van der Waals surface area (Å²) in [6.45, 7) is 2.62. The van der Waals surface area contributed by atoms with Crippen LogP contribution in [0.4, 0.5) is 0 Å². The van der Waals surface area contributed by atoms with Crippen molar-refractivity contribution in [2.45, 2.75) is 44.4 Å². The lowest BCUT2D eigenvalue weighted by atomic mass is 9.89. The van der Waals surface area contributed by atoms with E-state index in [0.717, 1.165) is 19.1 Å². The van der Waals surface area contributed by atoms with Crippen LogP contribution in [0.5, 0.6) is 0 Å². The van der Waals surface area contributed by atoms with Crippen LogP contribution in [0.1, 0.15) is 26.2 Å². The average Bonchev–Trinajstić information content (AvgIpc) is 2.21. The number of nitrogens with one attached hydrogen (secondary N) is 1. The number of nitrogens with two attached hydrogens (primary N) is 1. The van der Waals surface area contributed by atoms with Crippen LogP contribution in [0.15, 0.2) is 0 Å². The molecule has 0 aliphatic heterocycles. The van der Waals surface area contributed by atoms with Crippen LogP contribution < -0.4 is 11.1 Å². The van der Waals surface area contributed by atoms with Crippen molar-refractivity contribution in [1.82, 2.24) is 5.32 Å². The highest BCUT2D eigenvalue weighted by atomic mass is 32.2. The van der Waals surface area contributed by atoms with Crippen LogP contribution in [0.3, 0.4) is 0 Å². The fourth-order valence-corrected chi connectivity index (χ4v) is 2.52. The molecular formula is C11H22N2O4S. The molecule has 0 bridgehead atoms. The maximum Gasteiger partial charge on any atom is 0.237 e. The summed E-state index contributed by atoms with van der Waals surface area (Å²) in [6, 6.07) is -0.649. The molecule has 1 saturated carbocycles. The molecule has 0 aromatic heterocycles. The number of ether oxygens (including phenoxy) is 1. The van der Waals surface area contributed by atoms with Crippen LogP contribution in [0, 0.1) is 0 Å². The number of rotatable bonds is 7. The summed E-state index contributed by atoms with van der Waals surface area (Å²) in [5.74, 6) is -0.341. The first-order chi connectivity index (χ1) is 8.31. The zero-order chi connectivity index (χ0) is 13.8. The highest BCUT2D eigenvalue weighted by Crippen LogP contribution is 2.23. The number of carbonyl (C=O) groups excluding carboxylic acids is 1. The molecule has 1 amide bonds. The van der Waals surface area contributed by atoms with Crippen molar-refractivity contribution in [3.05, 3.63) is 0 Å². The Labute approximate surface area is 108 Å². The van der Waals surface area contributed by atoms with Crippen LogP contribution in [-0.4, -0.2) is 51.1 Å². The first kappa shape index (κ1) is 15.4. The van der Waals surface area contributed by atoms with E-state index < -0.39 is 15.9 Å². The second kappa shape index (κ2) is 6.49. The highest BCUT2D eigenvalue weighted by Gasteiger charge is 2.31. The molecule has 0 aromatic rings. The van der Waals surface area contributed by atoms with E-state index in [9.17, 15) is 13.2 Å². The molecule has 18 heavy (non-hydrogen) atoms. The predicted octanol–water partition coefficient (Wildman–Crippen LogP) is -0.568. The summed E-state index contributed by atoms with van der Waals surface area (Å²) in [6.07, 6.45) is 3.13. The van der Waals surface area contributed by atoms with E-state index in [1.807, 2.05) is 6.92 Å². The summed E-state index contributed by atoms with van der Waals surface area (Å²) in [5.41, 5.74) is 5.64. The van der Waals surface area contributed by atoms with Crippen molar-refractivity contribution in [2.24, 2.45) is 5.73 Å². The molecule has 0 heterocycles. The van der Waals surface area contributed by atoms with E-state index in [2.05, 4.69) is 5.32 Å². The van der Waals surface area contributed by atoms with Crippen LogP contribution in [0.2, 0.25) is 0 Å². The van der Waals surface area contributed by atoms with Gasteiger partial charge in [-0.05, 0) is 26.2 Å². The normalized spacial score (nSPS) is 25.3. The summed E-state index contributed by atoms with van der Waals surface area (Å²) in [5, 5.41) is 2.80. The fraction of sp³-hybridized carbons (Fsp3) is 0.909. The molecule has 1 aliphatic rings. The van der Waals surface area contributed by atoms with Crippen molar-refractivity contribution >= 4 is 15.7 Å². The Morgan fingerprint density at radius 1 is 1.50 bits per heavy atom. The van der Waals surface area contributed by atoms with Crippen molar-refractivity contribution in [2.75, 3.05) is 18.6 Å². The van der Waals surface area contributed by atoms with Crippen molar-refractivity contribution in [3.8, 4) is 0 Å². The van der Waals surface area contributed by atoms with Gasteiger partial charge in [0.05, 0.1) is 17.9 Å². The number of sulfone groups is 1. The molecule has 1 fully saturated rings. The van der Waals surface area contributed by atoms with Gasteiger partial charge in [0.1, 0.15) is 9.84 Å².